The zero-order valence-corrected chi connectivity index (χ0v) is 12.9. The van der Waals surface area contributed by atoms with Gasteiger partial charge >= 0.3 is 0 Å². The third kappa shape index (κ3) is 3.68. The number of nitrogens with zero attached hydrogens (tertiary/aromatic N) is 1. The minimum Gasteiger partial charge on any atom is -0.387 e. The molecule has 0 spiro atoms. The average molecular weight is 327 g/mol. The van der Waals surface area contributed by atoms with E-state index in [1.54, 1.807) is 18.2 Å². The Morgan fingerprint density at radius 2 is 1.90 bits per heavy atom. The van der Waals surface area contributed by atoms with Gasteiger partial charge in [0.05, 0.1) is 12.2 Å². The Hall–Kier alpha value is -1.28. The number of aliphatic hydroxyl groups is 1. The maximum Gasteiger partial charge on any atom is 0.240 e. The van der Waals surface area contributed by atoms with Crippen LogP contribution in [-0.2, 0) is 4.79 Å². The second kappa shape index (κ2) is 6.65. The summed E-state index contributed by atoms with van der Waals surface area (Å²) in [5.74, 6) is -0.310. The molecule has 0 saturated heterocycles. The third-order valence-corrected chi connectivity index (χ3v) is 4.27. The quantitative estimate of drug-likeness (QED) is 0.892. The minimum absolute atomic E-state index is 0.0267. The molecule has 6 heteroatoms. The summed E-state index contributed by atoms with van der Waals surface area (Å²) in [5.41, 5.74) is -0.406. The summed E-state index contributed by atoms with van der Waals surface area (Å²) >= 11 is 11.8. The van der Waals surface area contributed by atoms with Crippen molar-refractivity contribution < 1.29 is 9.90 Å². The van der Waals surface area contributed by atoms with Gasteiger partial charge in [-0.3, -0.25) is 4.79 Å². The lowest BCUT2D eigenvalue weighted by Crippen LogP contribution is -2.40. The van der Waals surface area contributed by atoms with E-state index in [1.807, 2.05) is 0 Å². The van der Waals surface area contributed by atoms with E-state index in [-0.39, 0.29) is 12.5 Å². The highest BCUT2D eigenvalue weighted by Gasteiger charge is 2.41. The van der Waals surface area contributed by atoms with Gasteiger partial charge in [-0.15, -0.1) is 0 Å². The molecule has 1 aromatic carbocycles. The first-order chi connectivity index (χ1) is 9.97. The van der Waals surface area contributed by atoms with E-state index in [0.29, 0.717) is 28.5 Å². The molecule has 1 amide bonds. The Bertz CT molecular complexity index is 557. The summed E-state index contributed by atoms with van der Waals surface area (Å²) in [6, 6.07) is 6.89. The Kier molecular flexibility index (Phi) is 5.10. The molecule has 1 unspecified atom stereocenters. The van der Waals surface area contributed by atoms with Gasteiger partial charge in [-0.2, -0.15) is 5.26 Å². The van der Waals surface area contributed by atoms with Gasteiger partial charge in [-0.1, -0.05) is 36.0 Å². The number of nitriles is 1. The molecular weight excluding hydrogens is 311 g/mol. The lowest BCUT2D eigenvalue weighted by molar-refractivity contribution is -0.128. The molecule has 1 atom stereocenters. The molecule has 21 heavy (non-hydrogen) atoms. The normalized spacial score (nSPS) is 18.0. The van der Waals surface area contributed by atoms with Crippen LogP contribution < -0.4 is 5.32 Å². The first-order valence-electron chi connectivity index (χ1n) is 6.80. The fraction of sp³-hybridized carbons (Fsp3) is 0.467. The van der Waals surface area contributed by atoms with Gasteiger partial charge in [-0.05, 0) is 36.6 Å². The van der Waals surface area contributed by atoms with Gasteiger partial charge in [0.2, 0.25) is 5.91 Å². The van der Waals surface area contributed by atoms with Crippen molar-refractivity contribution in [1.29, 1.82) is 5.26 Å². The van der Waals surface area contributed by atoms with Crippen LogP contribution in [0.2, 0.25) is 10.0 Å². The van der Waals surface area contributed by atoms with Crippen LogP contribution in [0, 0.1) is 16.7 Å². The summed E-state index contributed by atoms with van der Waals surface area (Å²) in [6.07, 6.45) is 2.01. The molecule has 112 valence electrons. The molecule has 2 rings (SSSR count). The van der Waals surface area contributed by atoms with Crippen molar-refractivity contribution in [2.24, 2.45) is 5.41 Å². The van der Waals surface area contributed by atoms with E-state index >= 15 is 0 Å². The van der Waals surface area contributed by atoms with Crippen LogP contribution in [0.4, 0.5) is 0 Å². The number of rotatable bonds is 4. The number of aliphatic hydroxyl groups excluding tert-OH is 1. The highest BCUT2D eigenvalue weighted by molar-refractivity contribution is 6.34. The number of carbonyl (C=O) groups excluding carboxylic acids is 1. The Labute approximate surface area is 133 Å². The summed E-state index contributed by atoms with van der Waals surface area (Å²) < 4.78 is 0. The van der Waals surface area contributed by atoms with Crippen molar-refractivity contribution in [1.82, 2.24) is 5.32 Å². The van der Waals surface area contributed by atoms with Crippen LogP contribution in [-0.4, -0.2) is 17.6 Å². The van der Waals surface area contributed by atoms with Crippen molar-refractivity contribution >= 4 is 29.1 Å². The topological polar surface area (TPSA) is 73.1 Å². The zero-order valence-electron chi connectivity index (χ0n) is 11.4. The standard InChI is InChI=1S/C15H16Cl2N2O2/c16-11-5-10(6-12(17)7-11)13(20)8-19-14(21)15(9-18)3-1-2-4-15/h5-7,13,20H,1-4,8H2,(H,19,21). The number of nitrogens with one attached hydrogen (secondary N) is 1. The van der Waals surface area contributed by atoms with Crippen molar-refractivity contribution in [3.63, 3.8) is 0 Å². The molecule has 0 radical (unpaired) electrons. The molecule has 1 saturated carbocycles. The summed E-state index contributed by atoms with van der Waals surface area (Å²) in [6.45, 7) is 0.0267. The SMILES string of the molecule is N#CC1(C(=O)NCC(O)c2cc(Cl)cc(Cl)c2)CCCC1. The summed E-state index contributed by atoms with van der Waals surface area (Å²) in [4.78, 5) is 12.2. The molecule has 0 heterocycles. The summed E-state index contributed by atoms with van der Waals surface area (Å²) in [7, 11) is 0. The number of carbonyl (C=O) groups is 1. The minimum atomic E-state index is -0.939. The molecular formula is C15H16Cl2N2O2. The molecule has 0 bridgehead atoms. The maximum atomic E-state index is 12.2. The fourth-order valence-corrected chi connectivity index (χ4v) is 3.16. The van der Waals surface area contributed by atoms with Gasteiger partial charge < -0.3 is 10.4 Å². The maximum absolute atomic E-state index is 12.2. The van der Waals surface area contributed by atoms with E-state index in [1.165, 1.54) is 0 Å². The molecule has 0 aromatic heterocycles. The number of hydrogen-bond acceptors (Lipinski definition) is 3. The van der Waals surface area contributed by atoms with Crippen molar-refractivity contribution in [2.45, 2.75) is 31.8 Å². The number of benzene rings is 1. The highest BCUT2D eigenvalue weighted by atomic mass is 35.5. The van der Waals surface area contributed by atoms with Crippen LogP contribution in [0.1, 0.15) is 37.4 Å². The van der Waals surface area contributed by atoms with E-state index in [2.05, 4.69) is 11.4 Å². The van der Waals surface area contributed by atoms with Gasteiger partial charge in [0, 0.05) is 16.6 Å². The van der Waals surface area contributed by atoms with E-state index in [0.717, 1.165) is 12.8 Å². The van der Waals surface area contributed by atoms with Gasteiger partial charge in [0.1, 0.15) is 5.41 Å². The Balaban J connectivity index is 1.99. The first-order valence-corrected chi connectivity index (χ1v) is 7.56. The number of halogens is 2. The molecule has 4 nitrogen and oxygen atoms in total. The summed E-state index contributed by atoms with van der Waals surface area (Å²) in [5, 5.41) is 22.8. The highest BCUT2D eigenvalue weighted by Crippen LogP contribution is 2.37. The third-order valence-electron chi connectivity index (χ3n) is 3.83. The van der Waals surface area contributed by atoms with Crippen molar-refractivity contribution in [2.75, 3.05) is 6.54 Å². The average Bonchev–Trinajstić information content (AvgIpc) is 2.93. The lowest BCUT2D eigenvalue weighted by Gasteiger charge is -2.21. The Morgan fingerprint density at radius 3 is 2.43 bits per heavy atom. The van der Waals surface area contributed by atoms with Crippen LogP contribution in [0.15, 0.2) is 18.2 Å². The molecule has 1 fully saturated rings. The smallest absolute Gasteiger partial charge is 0.240 e. The van der Waals surface area contributed by atoms with Gasteiger partial charge in [0.15, 0.2) is 0 Å². The molecule has 1 aliphatic carbocycles. The number of amides is 1. The van der Waals surface area contributed by atoms with E-state index < -0.39 is 11.5 Å². The molecule has 1 aliphatic rings. The molecule has 0 aliphatic heterocycles. The Morgan fingerprint density at radius 1 is 1.33 bits per heavy atom. The van der Waals surface area contributed by atoms with Crippen LogP contribution in [0.5, 0.6) is 0 Å². The molecule has 2 N–H and O–H groups in total. The fourth-order valence-electron chi connectivity index (χ4n) is 2.61. The van der Waals surface area contributed by atoms with Gasteiger partial charge in [-0.25, -0.2) is 0 Å². The first kappa shape index (κ1) is 16.1. The van der Waals surface area contributed by atoms with Gasteiger partial charge in [0.25, 0.3) is 0 Å². The molecule has 1 aromatic rings. The lowest BCUT2D eigenvalue weighted by atomic mass is 9.87. The second-order valence-electron chi connectivity index (χ2n) is 5.33. The van der Waals surface area contributed by atoms with Crippen LogP contribution in [0.3, 0.4) is 0 Å². The second-order valence-corrected chi connectivity index (χ2v) is 6.20. The predicted molar refractivity (Wildman–Crippen MR) is 80.9 cm³/mol. The largest absolute Gasteiger partial charge is 0.387 e. The number of hydrogen-bond donors (Lipinski definition) is 2. The zero-order chi connectivity index (χ0) is 15.5. The monoisotopic (exact) mass is 326 g/mol. The van der Waals surface area contributed by atoms with E-state index in [9.17, 15) is 15.2 Å². The van der Waals surface area contributed by atoms with Crippen molar-refractivity contribution in [3.05, 3.63) is 33.8 Å². The van der Waals surface area contributed by atoms with E-state index in [4.69, 9.17) is 23.2 Å². The van der Waals surface area contributed by atoms with Crippen LogP contribution >= 0.6 is 23.2 Å². The van der Waals surface area contributed by atoms with Crippen molar-refractivity contribution in [3.8, 4) is 6.07 Å². The predicted octanol–water partition coefficient (Wildman–Crippen LogP) is 3.23. The van der Waals surface area contributed by atoms with Crippen LogP contribution in [0.25, 0.3) is 0 Å².